The molecule has 5 nitrogen and oxygen atoms in total. The Balaban J connectivity index is 0.00000128. The van der Waals surface area contributed by atoms with Crippen molar-refractivity contribution < 1.29 is 10.2 Å². The van der Waals surface area contributed by atoms with Crippen LogP contribution in [-0.2, 0) is 0 Å². The monoisotopic (exact) mass is 351 g/mol. The quantitative estimate of drug-likeness (QED) is 0.459. The maximum absolute atomic E-state index is 9.33. The first-order valence-corrected chi connectivity index (χ1v) is 5.23. The molecule has 7 heteroatoms. The van der Waals surface area contributed by atoms with Crippen molar-refractivity contribution in [2.75, 3.05) is 18.4 Å². The first-order valence-electron chi connectivity index (χ1n) is 4.43. The van der Waals surface area contributed by atoms with Crippen LogP contribution in [0.3, 0.4) is 0 Å². The summed E-state index contributed by atoms with van der Waals surface area (Å²) in [4.78, 5) is 4.15. The van der Waals surface area contributed by atoms with Gasteiger partial charge in [0.25, 0.3) is 0 Å². The molecule has 4 N–H and O–H groups in total. The minimum atomic E-state index is -0.167. The molecule has 1 aromatic rings. The summed E-state index contributed by atoms with van der Waals surface area (Å²) >= 11 is 3.27. The van der Waals surface area contributed by atoms with Crippen LogP contribution in [0.1, 0.15) is 0 Å². The van der Waals surface area contributed by atoms with Crippen LogP contribution >= 0.6 is 32.9 Å². The summed E-state index contributed by atoms with van der Waals surface area (Å²) in [6, 6.07) is 2.86. The lowest BCUT2D eigenvalue weighted by Gasteiger charge is -2.09. The lowest BCUT2D eigenvalue weighted by Crippen LogP contribution is -2.26. The van der Waals surface area contributed by atoms with Gasteiger partial charge < -0.3 is 20.8 Å². The Hall–Kier alpha value is -0.950. The molecule has 16 heavy (non-hydrogen) atoms. The van der Waals surface area contributed by atoms with E-state index in [1.165, 1.54) is 12.1 Å². The van der Waals surface area contributed by atoms with E-state index < -0.39 is 0 Å². The fourth-order valence-corrected chi connectivity index (χ4v) is 1.69. The number of aromatic hydroxyl groups is 2. The predicted octanol–water partition coefficient (Wildman–Crippen LogP) is 1.81. The molecule has 1 aromatic carbocycles. The molecule has 88 valence electrons. The highest BCUT2D eigenvalue weighted by atomic mass is 79.9. The molecule has 0 atom stereocenters. The Morgan fingerprint density at radius 2 is 2.00 bits per heavy atom. The van der Waals surface area contributed by atoms with E-state index >= 15 is 0 Å². The number of nitrogens with one attached hydrogen (secondary N) is 2. The number of phenolic OH excluding ortho intramolecular Hbond substituents is 2. The summed E-state index contributed by atoms with van der Waals surface area (Å²) < 4.78 is 0.661. The first-order chi connectivity index (χ1) is 7.16. The predicted molar refractivity (Wildman–Crippen MR) is 71.7 cm³/mol. The van der Waals surface area contributed by atoms with Crippen LogP contribution < -0.4 is 10.6 Å². The number of rotatable bonds is 1. The molecule has 0 aromatic heterocycles. The summed E-state index contributed by atoms with van der Waals surface area (Å²) in [5.41, 5.74) is 0.651. The number of anilines is 1. The zero-order valence-electron chi connectivity index (χ0n) is 8.20. The molecular formula is C9H11Br2N3O2. The summed E-state index contributed by atoms with van der Waals surface area (Å²) in [5.74, 6) is 0.342. The van der Waals surface area contributed by atoms with Crippen LogP contribution in [0, 0.1) is 0 Å². The van der Waals surface area contributed by atoms with Crippen LogP contribution in [-0.4, -0.2) is 29.3 Å². The van der Waals surface area contributed by atoms with E-state index in [-0.39, 0.29) is 28.5 Å². The molecule has 0 fully saturated rings. The van der Waals surface area contributed by atoms with Gasteiger partial charge in [-0.25, -0.2) is 0 Å². The molecule has 1 aliphatic heterocycles. The number of aliphatic imine (C=N–C) groups is 1. The zero-order chi connectivity index (χ0) is 10.8. The third-order valence-corrected chi connectivity index (χ3v) is 2.65. The van der Waals surface area contributed by atoms with E-state index in [1.54, 1.807) is 0 Å². The van der Waals surface area contributed by atoms with Gasteiger partial charge in [0.05, 0.1) is 12.2 Å². The van der Waals surface area contributed by atoms with Crippen LogP contribution in [0.5, 0.6) is 11.5 Å². The zero-order valence-corrected chi connectivity index (χ0v) is 11.5. The van der Waals surface area contributed by atoms with E-state index in [4.69, 9.17) is 0 Å². The SMILES string of the molecule is Br.Oc1cc(Br)c(NC2=NCCN2)cc1O. The second-order valence-corrected chi connectivity index (χ2v) is 3.96. The number of hydrogen-bond acceptors (Lipinski definition) is 5. The minimum Gasteiger partial charge on any atom is -0.504 e. The first kappa shape index (κ1) is 13.1. The van der Waals surface area contributed by atoms with Crippen molar-refractivity contribution in [2.24, 2.45) is 4.99 Å². The van der Waals surface area contributed by atoms with Gasteiger partial charge >= 0.3 is 0 Å². The van der Waals surface area contributed by atoms with Crippen molar-refractivity contribution in [2.45, 2.75) is 0 Å². The summed E-state index contributed by atoms with van der Waals surface area (Å²) in [7, 11) is 0. The Morgan fingerprint density at radius 3 is 2.62 bits per heavy atom. The molecule has 0 saturated carbocycles. The van der Waals surface area contributed by atoms with E-state index in [0.717, 1.165) is 13.1 Å². The van der Waals surface area contributed by atoms with Gasteiger partial charge in [-0.15, -0.1) is 17.0 Å². The van der Waals surface area contributed by atoms with E-state index in [1.807, 2.05) is 0 Å². The smallest absolute Gasteiger partial charge is 0.195 e. The molecule has 1 heterocycles. The normalized spacial score (nSPS) is 13.7. The Labute approximate surface area is 111 Å². The molecule has 0 amide bonds. The average molecular weight is 353 g/mol. The highest BCUT2D eigenvalue weighted by Gasteiger charge is 2.10. The summed E-state index contributed by atoms with van der Waals surface area (Å²) in [6.45, 7) is 1.55. The number of benzene rings is 1. The number of hydrogen-bond donors (Lipinski definition) is 4. The summed E-state index contributed by atoms with van der Waals surface area (Å²) in [5, 5.41) is 24.6. The maximum atomic E-state index is 9.33. The van der Waals surface area contributed by atoms with Gasteiger partial charge in [-0.05, 0) is 15.9 Å². The lowest BCUT2D eigenvalue weighted by molar-refractivity contribution is 0.403. The van der Waals surface area contributed by atoms with Crippen LogP contribution in [0.4, 0.5) is 5.69 Å². The Bertz CT molecular complexity index is 423. The second kappa shape index (κ2) is 5.40. The van der Waals surface area contributed by atoms with Crippen molar-refractivity contribution >= 4 is 44.6 Å². The fraction of sp³-hybridized carbons (Fsp3) is 0.222. The molecule has 0 spiro atoms. The van der Waals surface area contributed by atoms with E-state index in [9.17, 15) is 10.2 Å². The van der Waals surface area contributed by atoms with Crippen molar-refractivity contribution in [3.63, 3.8) is 0 Å². The van der Waals surface area contributed by atoms with Crippen LogP contribution in [0.2, 0.25) is 0 Å². The average Bonchev–Trinajstić information content (AvgIpc) is 2.67. The van der Waals surface area contributed by atoms with Gasteiger partial charge in [0.1, 0.15) is 0 Å². The highest BCUT2D eigenvalue weighted by Crippen LogP contribution is 2.34. The lowest BCUT2D eigenvalue weighted by atomic mass is 10.3. The Morgan fingerprint density at radius 1 is 1.31 bits per heavy atom. The third kappa shape index (κ3) is 2.79. The number of nitrogens with zero attached hydrogens (tertiary/aromatic N) is 1. The van der Waals surface area contributed by atoms with Crippen molar-refractivity contribution in [3.8, 4) is 11.5 Å². The maximum Gasteiger partial charge on any atom is 0.195 e. The molecule has 1 aliphatic rings. The molecular weight excluding hydrogens is 342 g/mol. The molecule has 0 unspecified atom stereocenters. The molecule has 0 saturated heterocycles. The van der Waals surface area contributed by atoms with Crippen LogP contribution in [0.25, 0.3) is 0 Å². The van der Waals surface area contributed by atoms with Crippen molar-refractivity contribution in [1.82, 2.24) is 5.32 Å². The van der Waals surface area contributed by atoms with Gasteiger partial charge in [0.15, 0.2) is 17.5 Å². The van der Waals surface area contributed by atoms with Gasteiger partial charge in [0.2, 0.25) is 0 Å². The largest absolute Gasteiger partial charge is 0.504 e. The summed E-state index contributed by atoms with van der Waals surface area (Å²) in [6.07, 6.45) is 0. The topological polar surface area (TPSA) is 76.9 Å². The Kier molecular flexibility index (Phi) is 4.43. The molecule has 0 aliphatic carbocycles. The molecule has 0 bridgehead atoms. The van der Waals surface area contributed by atoms with Crippen LogP contribution in [0.15, 0.2) is 21.6 Å². The molecule has 2 rings (SSSR count). The third-order valence-electron chi connectivity index (χ3n) is 1.99. The second-order valence-electron chi connectivity index (χ2n) is 3.10. The van der Waals surface area contributed by atoms with E-state index in [0.29, 0.717) is 16.1 Å². The fourth-order valence-electron chi connectivity index (χ4n) is 1.26. The highest BCUT2D eigenvalue weighted by molar-refractivity contribution is 9.10. The van der Waals surface area contributed by atoms with Crippen molar-refractivity contribution in [3.05, 3.63) is 16.6 Å². The van der Waals surface area contributed by atoms with E-state index in [2.05, 4.69) is 31.6 Å². The number of halogens is 2. The molecule has 0 radical (unpaired) electrons. The van der Waals surface area contributed by atoms with Gasteiger partial charge in [-0.3, -0.25) is 4.99 Å². The number of phenols is 2. The van der Waals surface area contributed by atoms with Crippen molar-refractivity contribution in [1.29, 1.82) is 0 Å². The van der Waals surface area contributed by atoms with Gasteiger partial charge in [0, 0.05) is 23.2 Å². The standard InChI is InChI=1S/C9H10BrN3O2.BrH/c10-5-3-7(14)8(15)4-6(5)13-9-11-1-2-12-9;/h3-4,14-15H,1-2H2,(H2,11,12,13);1H. The minimum absolute atomic E-state index is 0. The van der Waals surface area contributed by atoms with Gasteiger partial charge in [-0.2, -0.15) is 0 Å². The van der Waals surface area contributed by atoms with Gasteiger partial charge in [-0.1, -0.05) is 0 Å². The number of guanidine groups is 1.